The van der Waals surface area contributed by atoms with Crippen LogP contribution in [0, 0.1) is 0 Å². The van der Waals surface area contributed by atoms with Crippen LogP contribution >= 0.6 is 0 Å². The Balaban J connectivity index is 2.04. The van der Waals surface area contributed by atoms with Gasteiger partial charge in [-0.3, -0.25) is 0 Å². The minimum atomic E-state index is 0.443. The highest BCUT2D eigenvalue weighted by Gasteiger charge is 2.18. The first-order valence-corrected chi connectivity index (χ1v) is 7.38. The smallest absolute Gasteiger partial charge is 0.131 e. The zero-order valence-corrected chi connectivity index (χ0v) is 12.7. The normalized spacial score (nSPS) is 14.6. The maximum absolute atomic E-state index is 5.50. The van der Waals surface area contributed by atoms with Crippen LogP contribution in [-0.4, -0.2) is 43.4 Å². The van der Waals surface area contributed by atoms with Crippen molar-refractivity contribution in [2.75, 3.05) is 33.5 Å². The number of nitrogens with one attached hydrogen (secondary N) is 1. The predicted octanol–water partition coefficient (Wildman–Crippen LogP) is 1.45. The molecule has 0 unspecified atom stereocenters. The van der Waals surface area contributed by atoms with Gasteiger partial charge in [-0.25, -0.2) is 9.97 Å². The minimum absolute atomic E-state index is 0.443. The van der Waals surface area contributed by atoms with E-state index in [0.29, 0.717) is 25.7 Å². The molecule has 1 aliphatic heterocycles. The van der Waals surface area contributed by atoms with Crippen LogP contribution in [-0.2, 0) is 28.9 Å². The number of hydrogen-bond acceptors (Lipinski definition) is 5. The van der Waals surface area contributed by atoms with Gasteiger partial charge in [-0.15, -0.1) is 0 Å². The van der Waals surface area contributed by atoms with E-state index in [1.54, 1.807) is 7.11 Å². The molecule has 0 saturated carbocycles. The van der Waals surface area contributed by atoms with Gasteiger partial charge in [0, 0.05) is 20.1 Å². The topological polar surface area (TPSA) is 56.3 Å². The van der Waals surface area contributed by atoms with E-state index in [1.807, 2.05) is 0 Å². The molecule has 0 bridgehead atoms. The highest BCUT2D eigenvalue weighted by Crippen LogP contribution is 2.22. The molecule has 1 aromatic rings. The van der Waals surface area contributed by atoms with E-state index in [1.165, 1.54) is 17.0 Å². The number of hydrogen-bond donors (Lipinski definition) is 1. The zero-order valence-electron chi connectivity index (χ0n) is 12.7. The van der Waals surface area contributed by atoms with Gasteiger partial charge in [-0.05, 0) is 24.4 Å². The summed E-state index contributed by atoms with van der Waals surface area (Å²) in [4.78, 5) is 9.44. The number of nitrogens with zero attached hydrogens (tertiary/aromatic N) is 2. The summed E-state index contributed by atoms with van der Waals surface area (Å²) in [6.45, 7) is 8.18. The Morgan fingerprint density at radius 1 is 1.20 bits per heavy atom. The van der Waals surface area contributed by atoms with Crippen molar-refractivity contribution in [3.05, 3.63) is 22.8 Å². The van der Waals surface area contributed by atoms with Gasteiger partial charge in [0.1, 0.15) is 5.82 Å². The second kappa shape index (κ2) is 7.67. The summed E-state index contributed by atoms with van der Waals surface area (Å²) < 4.78 is 10.5. The van der Waals surface area contributed by atoms with Crippen molar-refractivity contribution in [1.82, 2.24) is 15.3 Å². The Labute approximate surface area is 121 Å². The van der Waals surface area contributed by atoms with Crippen LogP contribution in [0.25, 0.3) is 0 Å². The Hall–Kier alpha value is -1.04. The average molecular weight is 279 g/mol. The lowest BCUT2D eigenvalue weighted by molar-refractivity contribution is 0.0716. The SMILES string of the molecule is COCCOCCc1nc2c(c(C(C)C)n1)CCNC2. The fourth-order valence-electron chi connectivity index (χ4n) is 2.44. The van der Waals surface area contributed by atoms with Crippen molar-refractivity contribution >= 4 is 0 Å². The average Bonchev–Trinajstić information content (AvgIpc) is 2.46. The molecule has 0 aromatic carbocycles. The van der Waals surface area contributed by atoms with Gasteiger partial charge in [0.2, 0.25) is 0 Å². The van der Waals surface area contributed by atoms with Gasteiger partial charge < -0.3 is 14.8 Å². The molecule has 0 amide bonds. The van der Waals surface area contributed by atoms with E-state index in [4.69, 9.17) is 14.5 Å². The third kappa shape index (κ3) is 3.98. The molecule has 0 spiro atoms. The molecule has 0 fully saturated rings. The predicted molar refractivity (Wildman–Crippen MR) is 77.9 cm³/mol. The van der Waals surface area contributed by atoms with E-state index < -0.39 is 0 Å². The molecule has 1 aliphatic rings. The van der Waals surface area contributed by atoms with Crippen molar-refractivity contribution in [3.63, 3.8) is 0 Å². The van der Waals surface area contributed by atoms with Crippen LogP contribution in [0.5, 0.6) is 0 Å². The minimum Gasteiger partial charge on any atom is -0.382 e. The van der Waals surface area contributed by atoms with Crippen molar-refractivity contribution in [1.29, 1.82) is 0 Å². The number of ether oxygens (including phenoxy) is 2. The highest BCUT2D eigenvalue weighted by atomic mass is 16.5. The van der Waals surface area contributed by atoms with Crippen LogP contribution in [0.3, 0.4) is 0 Å². The second-order valence-corrected chi connectivity index (χ2v) is 5.39. The van der Waals surface area contributed by atoms with Gasteiger partial charge in [-0.1, -0.05) is 13.8 Å². The van der Waals surface area contributed by atoms with Gasteiger partial charge in [0.15, 0.2) is 0 Å². The van der Waals surface area contributed by atoms with Gasteiger partial charge >= 0.3 is 0 Å². The number of rotatable bonds is 7. The van der Waals surface area contributed by atoms with Crippen LogP contribution in [0.4, 0.5) is 0 Å². The molecule has 5 heteroatoms. The summed E-state index contributed by atoms with van der Waals surface area (Å²) in [5, 5.41) is 3.38. The molecule has 1 aromatic heterocycles. The van der Waals surface area contributed by atoms with Crippen molar-refractivity contribution in [2.45, 2.75) is 39.2 Å². The van der Waals surface area contributed by atoms with E-state index >= 15 is 0 Å². The van der Waals surface area contributed by atoms with Gasteiger partial charge in [0.05, 0.1) is 31.2 Å². The number of methoxy groups -OCH3 is 1. The molecule has 0 saturated heterocycles. The molecule has 0 atom stereocenters. The molecule has 0 aliphatic carbocycles. The largest absolute Gasteiger partial charge is 0.382 e. The van der Waals surface area contributed by atoms with Crippen LogP contribution in [0.2, 0.25) is 0 Å². The van der Waals surface area contributed by atoms with Crippen LogP contribution in [0.15, 0.2) is 0 Å². The molecule has 1 N–H and O–H groups in total. The lowest BCUT2D eigenvalue weighted by Crippen LogP contribution is -2.27. The Morgan fingerprint density at radius 2 is 2.05 bits per heavy atom. The van der Waals surface area contributed by atoms with Crippen molar-refractivity contribution < 1.29 is 9.47 Å². The third-order valence-electron chi connectivity index (χ3n) is 3.46. The highest BCUT2D eigenvalue weighted by molar-refractivity contribution is 5.30. The monoisotopic (exact) mass is 279 g/mol. The molecular weight excluding hydrogens is 254 g/mol. The summed E-state index contributed by atoms with van der Waals surface area (Å²) in [5.74, 6) is 1.34. The van der Waals surface area contributed by atoms with Gasteiger partial charge in [0.25, 0.3) is 0 Å². The molecule has 2 heterocycles. The Morgan fingerprint density at radius 3 is 2.80 bits per heavy atom. The molecule has 2 rings (SSSR count). The van der Waals surface area contributed by atoms with Crippen molar-refractivity contribution in [3.8, 4) is 0 Å². The zero-order chi connectivity index (χ0) is 14.4. The summed E-state index contributed by atoms with van der Waals surface area (Å²) in [5.41, 5.74) is 3.73. The maximum atomic E-state index is 5.50. The number of aromatic nitrogens is 2. The first-order chi connectivity index (χ1) is 9.72. The van der Waals surface area contributed by atoms with E-state index in [0.717, 1.165) is 31.8 Å². The van der Waals surface area contributed by atoms with Gasteiger partial charge in [-0.2, -0.15) is 0 Å². The van der Waals surface area contributed by atoms with Crippen LogP contribution < -0.4 is 5.32 Å². The first-order valence-electron chi connectivity index (χ1n) is 7.38. The molecular formula is C15H25N3O2. The third-order valence-corrected chi connectivity index (χ3v) is 3.46. The fraction of sp³-hybridized carbons (Fsp3) is 0.733. The quantitative estimate of drug-likeness (QED) is 0.766. The summed E-state index contributed by atoms with van der Waals surface area (Å²) in [6.07, 6.45) is 1.80. The Kier molecular flexibility index (Phi) is 5.88. The first kappa shape index (κ1) is 15.4. The van der Waals surface area contributed by atoms with Crippen molar-refractivity contribution in [2.24, 2.45) is 0 Å². The van der Waals surface area contributed by atoms with E-state index in [9.17, 15) is 0 Å². The lowest BCUT2D eigenvalue weighted by atomic mass is 9.97. The summed E-state index contributed by atoms with van der Waals surface area (Å²) >= 11 is 0. The van der Waals surface area contributed by atoms with E-state index in [-0.39, 0.29) is 0 Å². The van der Waals surface area contributed by atoms with E-state index in [2.05, 4.69) is 24.1 Å². The Bertz CT molecular complexity index is 435. The summed E-state index contributed by atoms with van der Waals surface area (Å²) in [7, 11) is 1.68. The molecule has 0 radical (unpaired) electrons. The maximum Gasteiger partial charge on any atom is 0.131 e. The fourth-order valence-corrected chi connectivity index (χ4v) is 2.44. The number of fused-ring (bicyclic) bond motifs is 1. The standard InChI is InChI=1S/C15H25N3O2/c1-11(2)15-12-4-6-16-10-13(12)17-14(18-15)5-7-20-9-8-19-3/h11,16H,4-10H2,1-3H3. The van der Waals surface area contributed by atoms with Crippen LogP contribution in [0.1, 0.15) is 42.5 Å². The molecule has 112 valence electrons. The summed E-state index contributed by atoms with van der Waals surface area (Å²) in [6, 6.07) is 0. The molecule has 20 heavy (non-hydrogen) atoms. The second-order valence-electron chi connectivity index (χ2n) is 5.39. The molecule has 5 nitrogen and oxygen atoms in total. The lowest BCUT2D eigenvalue weighted by Gasteiger charge is -2.21.